The van der Waals surface area contributed by atoms with Crippen LogP contribution in [0.25, 0.3) is 33.4 Å². The minimum Gasteiger partial charge on any atom is -0.462 e. The summed E-state index contributed by atoms with van der Waals surface area (Å²) >= 11 is 0. The van der Waals surface area contributed by atoms with Crippen molar-refractivity contribution in [3.63, 3.8) is 0 Å². The van der Waals surface area contributed by atoms with Crippen molar-refractivity contribution in [3.8, 4) is 33.4 Å². The SMILES string of the molecule is C=C(C)C(=O)OCC(COC(=O)C(=C)CO)c1ccc(-c2ccc(-c3ccc4c(c3)CCc3cc(CC/C=C/C)ccc3-4)cc2)cc1. The largest absolute Gasteiger partial charge is 0.462 e. The fourth-order valence-corrected chi connectivity index (χ4v) is 5.89. The second-order valence-electron chi connectivity index (χ2n) is 12.1. The molecule has 1 aliphatic carbocycles. The van der Waals surface area contributed by atoms with Crippen LogP contribution in [-0.2, 0) is 38.3 Å². The zero-order valence-corrected chi connectivity index (χ0v) is 27.3. The van der Waals surface area contributed by atoms with Gasteiger partial charge in [-0.05, 0) is 95.2 Å². The molecule has 1 atom stereocenters. The highest BCUT2D eigenvalue weighted by molar-refractivity contribution is 5.88. The lowest BCUT2D eigenvalue weighted by Gasteiger charge is -2.21. The molecule has 0 spiro atoms. The van der Waals surface area contributed by atoms with Gasteiger partial charge >= 0.3 is 11.9 Å². The van der Waals surface area contributed by atoms with Crippen molar-refractivity contribution in [1.29, 1.82) is 0 Å². The Morgan fingerprint density at radius 1 is 0.766 bits per heavy atom. The highest BCUT2D eigenvalue weighted by atomic mass is 16.5. The van der Waals surface area contributed by atoms with E-state index in [1.807, 2.05) is 24.3 Å². The summed E-state index contributed by atoms with van der Waals surface area (Å²) in [5, 5.41) is 9.18. The number of aryl methyl sites for hydroxylation is 3. The predicted molar refractivity (Wildman–Crippen MR) is 189 cm³/mol. The molecular weight excluding hydrogens is 584 g/mol. The molecule has 4 aromatic carbocycles. The summed E-state index contributed by atoms with van der Waals surface area (Å²) in [4.78, 5) is 24.1. The van der Waals surface area contributed by atoms with E-state index in [1.165, 1.54) is 38.9 Å². The van der Waals surface area contributed by atoms with Crippen LogP contribution < -0.4 is 0 Å². The second-order valence-corrected chi connectivity index (χ2v) is 12.1. The van der Waals surface area contributed by atoms with Crippen molar-refractivity contribution in [3.05, 3.63) is 144 Å². The molecule has 1 unspecified atom stereocenters. The molecule has 0 heterocycles. The topological polar surface area (TPSA) is 72.8 Å². The van der Waals surface area contributed by atoms with Crippen LogP contribution >= 0.6 is 0 Å². The molecule has 5 rings (SSSR count). The second kappa shape index (κ2) is 15.5. The molecule has 47 heavy (non-hydrogen) atoms. The average molecular weight is 627 g/mol. The number of fused-ring (bicyclic) bond motifs is 3. The van der Waals surface area contributed by atoms with Gasteiger partial charge in [0.2, 0.25) is 0 Å². The van der Waals surface area contributed by atoms with Gasteiger partial charge in [-0.3, -0.25) is 0 Å². The van der Waals surface area contributed by atoms with Crippen LogP contribution in [0.1, 0.15) is 48.4 Å². The van der Waals surface area contributed by atoms with E-state index >= 15 is 0 Å². The minimum absolute atomic E-state index is 0.0167. The molecule has 1 N–H and O–H groups in total. The van der Waals surface area contributed by atoms with Crippen LogP contribution in [0.5, 0.6) is 0 Å². The first-order valence-corrected chi connectivity index (χ1v) is 16.1. The van der Waals surface area contributed by atoms with Gasteiger partial charge in [0.15, 0.2) is 0 Å². The summed E-state index contributed by atoms with van der Waals surface area (Å²) in [7, 11) is 0. The number of carbonyl (C=O) groups is 2. The van der Waals surface area contributed by atoms with Crippen molar-refractivity contribution >= 4 is 11.9 Å². The molecule has 4 aromatic rings. The monoisotopic (exact) mass is 626 g/mol. The molecule has 0 saturated heterocycles. The van der Waals surface area contributed by atoms with Gasteiger partial charge in [-0.25, -0.2) is 9.59 Å². The van der Waals surface area contributed by atoms with Gasteiger partial charge in [0.1, 0.15) is 13.2 Å². The van der Waals surface area contributed by atoms with Gasteiger partial charge in [0.25, 0.3) is 0 Å². The predicted octanol–water partition coefficient (Wildman–Crippen LogP) is 8.59. The lowest BCUT2D eigenvalue weighted by atomic mass is 9.83. The maximum absolute atomic E-state index is 12.1. The van der Waals surface area contributed by atoms with E-state index in [9.17, 15) is 14.7 Å². The van der Waals surface area contributed by atoms with E-state index in [0.717, 1.165) is 42.4 Å². The maximum atomic E-state index is 12.1. The lowest BCUT2D eigenvalue weighted by Crippen LogP contribution is -2.21. The van der Waals surface area contributed by atoms with E-state index < -0.39 is 24.5 Å². The van der Waals surface area contributed by atoms with E-state index in [2.05, 4.69) is 92.9 Å². The van der Waals surface area contributed by atoms with Crippen molar-refractivity contribution in [2.24, 2.45) is 0 Å². The Labute approximate surface area is 277 Å². The third-order valence-corrected chi connectivity index (χ3v) is 8.66. The minimum atomic E-state index is -0.686. The molecule has 0 amide bonds. The summed E-state index contributed by atoms with van der Waals surface area (Å²) in [6.45, 7) is 10.3. The van der Waals surface area contributed by atoms with Crippen molar-refractivity contribution in [1.82, 2.24) is 0 Å². The number of hydrogen-bond acceptors (Lipinski definition) is 5. The summed E-state index contributed by atoms with van der Waals surface area (Å²) < 4.78 is 10.7. The highest BCUT2D eigenvalue weighted by Gasteiger charge is 2.20. The average Bonchev–Trinajstić information content (AvgIpc) is 3.10. The molecule has 5 nitrogen and oxygen atoms in total. The van der Waals surface area contributed by atoms with E-state index in [1.54, 1.807) is 6.92 Å². The smallest absolute Gasteiger partial charge is 0.335 e. The molecule has 1 aliphatic rings. The van der Waals surface area contributed by atoms with Crippen molar-refractivity contribution < 1.29 is 24.2 Å². The Morgan fingerprint density at radius 3 is 1.89 bits per heavy atom. The Kier molecular flexibility index (Phi) is 11.0. The molecule has 0 fully saturated rings. The third-order valence-electron chi connectivity index (χ3n) is 8.66. The number of hydrogen-bond donors (Lipinski definition) is 1. The van der Waals surface area contributed by atoms with Crippen molar-refractivity contribution in [2.75, 3.05) is 19.8 Å². The zero-order chi connectivity index (χ0) is 33.3. The number of allylic oxidation sites excluding steroid dienone is 2. The molecule has 0 aromatic heterocycles. The summed E-state index contributed by atoms with van der Waals surface area (Å²) in [5.74, 6) is -1.59. The van der Waals surface area contributed by atoms with E-state index in [0.29, 0.717) is 5.57 Å². The highest BCUT2D eigenvalue weighted by Crippen LogP contribution is 2.37. The number of ether oxygens (including phenoxy) is 2. The summed E-state index contributed by atoms with van der Waals surface area (Å²) in [6.07, 6.45) is 8.61. The van der Waals surface area contributed by atoms with Crippen LogP contribution in [0.4, 0.5) is 0 Å². The molecular formula is C42H42O5. The first-order valence-electron chi connectivity index (χ1n) is 16.1. The Hall–Kier alpha value is -5.00. The van der Waals surface area contributed by atoms with Gasteiger partial charge in [0.05, 0.1) is 18.1 Å². The first-order chi connectivity index (χ1) is 22.8. The van der Waals surface area contributed by atoms with Crippen molar-refractivity contribution in [2.45, 2.75) is 45.4 Å². The normalized spacial score (nSPS) is 12.6. The van der Waals surface area contributed by atoms with Gasteiger partial charge in [-0.2, -0.15) is 0 Å². The number of benzene rings is 4. The van der Waals surface area contributed by atoms with Crippen LogP contribution in [0.2, 0.25) is 0 Å². The Morgan fingerprint density at radius 2 is 1.30 bits per heavy atom. The molecule has 240 valence electrons. The summed E-state index contributed by atoms with van der Waals surface area (Å²) in [6, 6.07) is 30.3. The zero-order valence-electron chi connectivity index (χ0n) is 27.3. The number of carbonyl (C=O) groups excluding carboxylic acids is 2. The van der Waals surface area contributed by atoms with Crippen LogP contribution in [0, 0.1) is 0 Å². The van der Waals surface area contributed by atoms with Crippen LogP contribution in [0.15, 0.2) is 121 Å². The van der Waals surface area contributed by atoms with Gasteiger partial charge in [0, 0.05) is 5.57 Å². The lowest BCUT2D eigenvalue weighted by molar-refractivity contribution is -0.142. The van der Waals surface area contributed by atoms with Crippen LogP contribution in [0.3, 0.4) is 0 Å². The Bertz CT molecular complexity index is 1790. The fraction of sp³-hybridized carbons (Fsp3) is 0.238. The standard InChI is InChI=1S/C42H42O5/c1-5-6-7-8-30-9-21-39-36(23-30)18-19-37-24-35(20-22-40(37)39)33-14-10-31(11-15-33)32-12-16-34(17-13-32)38(26-46-41(44)28(2)3)27-47-42(45)29(4)25-43/h5-6,9-17,20-24,38,43H,2,4,7-8,18-19,25-27H2,1,3H3/b6-5+. The van der Waals surface area contributed by atoms with E-state index in [4.69, 9.17) is 9.47 Å². The molecule has 5 heteroatoms. The molecule has 0 radical (unpaired) electrons. The van der Waals surface area contributed by atoms with Gasteiger partial charge in [-0.15, -0.1) is 0 Å². The van der Waals surface area contributed by atoms with E-state index in [-0.39, 0.29) is 18.8 Å². The molecule has 0 saturated carbocycles. The number of aliphatic hydroxyl groups is 1. The number of rotatable bonds is 13. The van der Waals surface area contributed by atoms with Gasteiger partial charge in [-0.1, -0.05) is 110 Å². The van der Waals surface area contributed by atoms with Gasteiger partial charge < -0.3 is 14.6 Å². The number of aliphatic hydroxyl groups excluding tert-OH is 1. The number of esters is 2. The van der Waals surface area contributed by atoms with Crippen LogP contribution in [-0.4, -0.2) is 36.9 Å². The third kappa shape index (κ3) is 8.24. The quantitative estimate of drug-likeness (QED) is 0.0914. The first kappa shape index (κ1) is 33.4. The summed E-state index contributed by atoms with van der Waals surface area (Å²) in [5.41, 5.74) is 12.6. The Balaban J connectivity index is 1.28. The maximum Gasteiger partial charge on any atom is 0.335 e. The molecule has 0 aliphatic heterocycles. The molecule has 0 bridgehead atoms. The fourth-order valence-electron chi connectivity index (χ4n) is 5.89.